The molecule has 0 radical (unpaired) electrons. The zero-order valence-electron chi connectivity index (χ0n) is 15.7. The number of rotatable bonds is 6. The van der Waals surface area contributed by atoms with Crippen LogP contribution in [0.15, 0.2) is 71.3 Å². The van der Waals surface area contributed by atoms with Gasteiger partial charge in [0.15, 0.2) is 5.13 Å². The molecule has 4 rings (SSSR count). The number of benzene rings is 2. The molecule has 2 aromatic carbocycles. The van der Waals surface area contributed by atoms with E-state index in [0.717, 1.165) is 26.1 Å². The lowest BCUT2D eigenvalue weighted by Crippen LogP contribution is -2.31. The van der Waals surface area contributed by atoms with Gasteiger partial charge in [-0.05, 0) is 65.3 Å². The minimum absolute atomic E-state index is 0.132. The summed E-state index contributed by atoms with van der Waals surface area (Å²) in [5, 5.41) is 0.625. The summed E-state index contributed by atoms with van der Waals surface area (Å²) < 4.78 is 7.31. The van der Waals surface area contributed by atoms with Crippen molar-refractivity contribution in [2.24, 2.45) is 0 Å². The van der Waals surface area contributed by atoms with E-state index in [-0.39, 0.29) is 5.91 Å². The Hall–Kier alpha value is -2.77. The van der Waals surface area contributed by atoms with Gasteiger partial charge in [-0.1, -0.05) is 29.5 Å². The van der Waals surface area contributed by atoms with Crippen LogP contribution in [0.25, 0.3) is 10.2 Å². The Morgan fingerprint density at radius 1 is 1.14 bits per heavy atom. The van der Waals surface area contributed by atoms with Gasteiger partial charge in [0.25, 0.3) is 5.91 Å². The number of thiazole rings is 1. The Bertz CT molecular complexity index is 1150. The highest BCUT2D eigenvalue weighted by Crippen LogP contribution is 2.33. The third-order valence-corrected chi connectivity index (χ3v) is 6.02. The van der Waals surface area contributed by atoms with Crippen LogP contribution in [0, 0.1) is 0 Å². The number of aromatic nitrogens is 2. The molecular formula is C22H18BrN3O2S. The van der Waals surface area contributed by atoms with Crippen LogP contribution in [0.3, 0.4) is 0 Å². The number of halogens is 1. The number of carbonyl (C=O) groups excluding carboxylic acids is 1. The van der Waals surface area contributed by atoms with Gasteiger partial charge < -0.3 is 4.74 Å². The maximum absolute atomic E-state index is 13.4. The lowest BCUT2D eigenvalue weighted by atomic mass is 10.2. The molecule has 7 heteroatoms. The topological polar surface area (TPSA) is 55.3 Å². The molecule has 1 amide bonds. The molecule has 0 N–H and O–H groups in total. The van der Waals surface area contributed by atoms with Crippen molar-refractivity contribution in [3.63, 3.8) is 0 Å². The summed E-state index contributed by atoms with van der Waals surface area (Å²) >= 11 is 4.95. The number of ether oxygens (including phenoxy) is 1. The van der Waals surface area contributed by atoms with Crippen LogP contribution >= 0.6 is 27.3 Å². The minimum atomic E-state index is -0.132. The van der Waals surface area contributed by atoms with E-state index in [4.69, 9.17) is 9.72 Å². The first-order chi connectivity index (χ1) is 14.2. The van der Waals surface area contributed by atoms with E-state index in [2.05, 4.69) is 20.9 Å². The monoisotopic (exact) mass is 467 g/mol. The zero-order chi connectivity index (χ0) is 20.2. The van der Waals surface area contributed by atoms with Gasteiger partial charge in [-0.3, -0.25) is 14.7 Å². The molecule has 5 nitrogen and oxygen atoms in total. The molecule has 2 aromatic heterocycles. The third-order valence-electron chi connectivity index (χ3n) is 4.29. The zero-order valence-corrected chi connectivity index (χ0v) is 18.1. The van der Waals surface area contributed by atoms with E-state index in [1.165, 1.54) is 11.3 Å². The molecule has 0 aliphatic heterocycles. The van der Waals surface area contributed by atoms with E-state index in [1.807, 2.05) is 61.5 Å². The number of anilines is 1. The average molecular weight is 468 g/mol. The van der Waals surface area contributed by atoms with Gasteiger partial charge in [0.1, 0.15) is 5.75 Å². The second-order valence-corrected chi connectivity index (χ2v) is 8.11. The van der Waals surface area contributed by atoms with Gasteiger partial charge in [0, 0.05) is 10.7 Å². The van der Waals surface area contributed by atoms with E-state index in [1.54, 1.807) is 17.2 Å². The second kappa shape index (κ2) is 8.71. The number of carbonyl (C=O) groups is 1. The Balaban J connectivity index is 1.76. The Morgan fingerprint density at radius 3 is 2.72 bits per heavy atom. The van der Waals surface area contributed by atoms with Crippen molar-refractivity contribution >= 4 is 48.5 Å². The van der Waals surface area contributed by atoms with E-state index >= 15 is 0 Å². The molecule has 2 heterocycles. The third kappa shape index (κ3) is 4.31. The van der Waals surface area contributed by atoms with Gasteiger partial charge in [-0.25, -0.2) is 4.98 Å². The molecule has 0 saturated heterocycles. The van der Waals surface area contributed by atoms with Gasteiger partial charge in [-0.2, -0.15) is 0 Å². The maximum atomic E-state index is 13.4. The van der Waals surface area contributed by atoms with Crippen LogP contribution in [-0.2, 0) is 6.54 Å². The second-order valence-electron chi connectivity index (χ2n) is 6.25. The fourth-order valence-electron chi connectivity index (χ4n) is 2.92. The molecule has 0 saturated carbocycles. The fraction of sp³-hybridized carbons (Fsp3) is 0.136. The largest absolute Gasteiger partial charge is 0.494 e. The van der Waals surface area contributed by atoms with Crippen molar-refractivity contribution in [2.75, 3.05) is 11.5 Å². The lowest BCUT2D eigenvalue weighted by molar-refractivity contribution is 0.0984. The molecule has 0 bridgehead atoms. The lowest BCUT2D eigenvalue weighted by Gasteiger charge is -2.20. The molecular weight excluding hydrogens is 450 g/mol. The molecule has 0 aliphatic rings. The van der Waals surface area contributed by atoms with Crippen LogP contribution in [0.5, 0.6) is 5.75 Å². The van der Waals surface area contributed by atoms with Crippen LogP contribution in [0.4, 0.5) is 5.13 Å². The number of hydrogen-bond donors (Lipinski definition) is 0. The SMILES string of the molecule is CCOc1ccc2nc(N(Cc3ccccn3)C(=O)c3ccccc3Br)sc2c1. The molecule has 4 aromatic rings. The number of amides is 1. The van der Waals surface area contributed by atoms with Gasteiger partial charge in [0.05, 0.1) is 34.6 Å². The Labute approximate surface area is 181 Å². The Morgan fingerprint density at radius 2 is 1.97 bits per heavy atom. The number of fused-ring (bicyclic) bond motifs is 1. The molecule has 0 aliphatic carbocycles. The minimum Gasteiger partial charge on any atom is -0.494 e. The van der Waals surface area contributed by atoms with Crippen molar-refractivity contribution in [3.05, 3.63) is 82.6 Å². The standard InChI is InChI=1S/C22H18BrN3O2S/c1-2-28-16-10-11-19-20(13-16)29-22(25-19)26(14-15-7-5-6-12-24-15)21(27)17-8-3-4-9-18(17)23/h3-13H,2,14H2,1H3. The highest BCUT2D eigenvalue weighted by Gasteiger charge is 2.23. The predicted molar refractivity (Wildman–Crippen MR) is 120 cm³/mol. The van der Waals surface area contributed by atoms with E-state index in [0.29, 0.717) is 23.8 Å². The molecule has 0 spiro atoms. The maximum Gasteiger partial charge on any atom is 0.261 e. The summed E-state index contributed by atoms with van der Waals surface area (Å²) in [5.41, 5.74) is 2.21. The van der Waals surface area contributed by atoms with Gasteiger partial charge in [0.2, 0.25) is 0 Å². The van der Waals surface area contributed by atoms with Crippen LogP contribution in [-0.4, -0.2) is 22.5 Å². The summed E-state index contributed by atoms with van der Waals surface area (Å²) in [5.74, 6) is 0.663. The number of nitrogens with zero attached hydrogens (tertiary/aromatic N) is 3. The molecule has 29 heavy (non-hydrogen) atoms. The molecule has 0 unspecified atom stereocenters. The average Bonchev–Trinajstić information content (AvgIpc) is 3.16. The van der Waals surface area contributed by atoms with Crippen molar-refractivity contribution in [1.29, 1.82) is 0 Å². The fourth-order valence-corrected chi connectivity index (χ4v) is 4.37. The number of hydrogen-bond acceptors (Lipinski definition) is 5. The quantitative estimate of drug-likeness (QED) is 0.364. The normalized spacial score (nSPS) is 10.8. The first-order valence-electron chi connectivity index (χ1n) is 9.15. The summed E-state index contributed by atoms with van der Waals surface area (Å²) in [6.45, 7) is 2.88. The summed E-state index contributed by atoms with van der Waals surface area (Å²) in [7, 11) is 0. The van der Waals surface area contributed by atoms with Crippen molar-refractivity contribution < 1.29 is 9.53 Å². The first-order valence-corrected chi connectivity index (χ1v) is 10.8. The smallest absolute Gasteiger partial charge is 0.261 e. The predicted octanol–water partition coefficient (Wildman–Crippen LogP) is 5.70. The molecule has 0 atom stereocenters. The highest BCUT2D eigenvalue weighted by molar-refractivity contribution is 9.10. The molecule has 146 valence electrons. The highest BCUT2D eigenvalue weighted by atomic mass is 79.9. The van der Waals surface area contributed by atoms with Crippen LogP contribution in [0.2, 0.25) is 0 Å². The first kappa shape index (κ1) is 19.5. The van der Waals surface area contributed by atoms with E-state index < -0.39 is 0 Å². The van der Waals surface area contributed by atoms with E-state index in [9.17, 15) is 4.79 Å². The van der Waals surface area contributed by atoms with Crippen LogP contribution in [0.1, 0.15) is 23.0 Å². The van der Waals surface area contributed by atoms with Gasteiger partial charge in [-0.15, -0.1) is 0 Å². The van der Waals surface area contributed by atoms with Crippen molar-refractivity contribution in [3.8, 4) is 5.75 Å². The van der Waals surface area contributed by atoms with Crippen molar-refractivity contribution in [2.45, 2.75) is 13.5 Å². The van der Waals surface area contributed by atoms with Crippen molar-refractivity contribution in [1.82, 2.24) is 9.97 Å². The van der Waals surface area contributed by atoms with Crippen LogP contribution < -0.4 is 9.64 Å². The van der Waals surface area contributed by atoms with Gasteiger partial charge >= 0.3 is 0 Å². The summed E-state index contributed by atoms with van der Waals surface area (Å²) in [6.07, 6.45) is 1.73. The number of pyridine rings is 1. The Kier molecular flexibility index (Phi) is 5.87. The summed E-state index contributed by atoms with van der Waals surface area (Å²) in [6, 6.07) is 18.9. The molecule has 0 fully saturated rings. The summed E-state index contributed by atoms with van der Waals surface area (Å²) in [4.78, 5) is 24.2.